The van der Waals surface area contributed by atoms with E-state index in [0.29, 0.717) is 12.4 Å². The average Bonchev–Trinajstić information content (AvgIpc) is 2.18. The van der Waals surface area contributed by atoms with E-state index in [1.807, 2.05) is 26.0 Å². The van der Waals surface area contributed by atoms with Crippen molar-refractivity contribution in [3.63, 3.8) is 0 Å². The first-order valence-electron chi connectivity index (χ1n) is 4.77. The third kappa shape index (κ3) is 4.76. The Kier molecular flexibility index (Phi) is 4.74. The largest absolute Gasteiger partial charge is 0.424 e. The predicted octanol–water partition coefficient (Wildman–Crippen LogP) is 3.02. The second-order valence-electron chi connectivity index (χ2n) is 3.21. The van der Waals surface area contributed by atoms with Crippen molar-refractivity contribution in [2.24, 2.45) is 0 Å². The Bertz CT molecular complexity index is 350. The minimum absolute atomic E-state index is 0.416. The zero-order chi connectivity index (χ0) is 11.3. The molecule has 0 aliphatic carbocycles. The van der Waals surface area contributed by atoms with Crippen LogP contribution in [0.2, 0.25) is 0 Å². The van der Waals surface area contributed by atoms with Gasteiger partial charge in [0.05, 0.1) is 6.61 Å². The minimum atomic E-state index is -3.11. The van der Waals surface area contributed by atoms with Gasteiger partial charge >= 0.3 is 6.72 Å². The van der Waals surface area contributed by atoms with Gasteiger partial charge in [-0.2, -0.15) is 0 Å². The van der Waals surface area contributed by atoms with Gasteiger partial charge in [0, 0.05) is 11.8 Å². The first-order valence-corrected chi connectivity index (χ1v) is 7.36. The molecule has 15 heavy (non-hydrogen) atoms. The van der Waals surface area contributed by atoms with E-state index in [1.165, 1.54) is 0 Å². The molecule has 1 atom stereocenters. The average molecular weight is 246 g/mol. The van der Waals surface area contributed by atoms with Crippen LogP contribution in [0.1, 0.15) is 18.9 Å². The van der Waals surface area contributed by atoms with Gasteiger partial charge in [-0.1, -0.05) is 24.6 Å². The molecule has 0 aromatic heterocycles. The Morgan fingerprint density at radius 1 is 1.33 bits per heavy atom. The van der Waals surface area contributed by atoms with Crippen LogP contribution in [-0.4, -0.2) is 11.5 Å². The van der Waals surface area contributed by atoms with Gasteiger partial charge in [0.2, 0.25) is 0 Å². The molecule has 1 rings (SSSR count). The van der Waals surface area contributed by atoms with E-state index in [1.54, 1.807) is 12.1 Å². The van der Waals surface area contributed by atoms with E-state index in [4.69, 9.17) is 20.9 Å². The van der Waals surface area contributed by atoms with Crippen LogP contribution < -0.4 is 4.52 Å². The molecule has 0 radical (unpaired) electrons. The van der Waals surface area contributed by atoms with Gasteiger partial charge in [0.1, 0.15) is 5.75 Å². The summed E-state index contributed by atoms with van der Waals surface area (Å²) in [6, 6.07) is 7.32. The van der Waals surface area contributed by atoms with Crippen molar-refractivity contribution in [1.82, 2.24) is 0 Å². The number of hydrogen-bond donors (Lipinski definition) is 1. The SMILES string of the molecule is CCCOP(O)(=S)Oc1ccc(C)cc1. The lowest BCUT2D eigenvalue weighted by molar-refractivity contribution is 0.257. The van der Waals surface area contributed by atoms with Crippen molar-refractivity contribution in [3.8, 4) is 5.75 Å². The van der Waals surface area contributed by atoms with E-state index in [0.717, 1.165) is 12.0 Å². The van der Waals surface area contributed by atoms with Gasteiger partial charge in [-0.15, -0.1) is 0 Å². The summed E-state index contributed by atoms with van der Waals surface area (Å²) in [4.78, 5) is 9.65. The van der Waals surface area contributed by atoms with Crippen LogP contribution in [0.15, 0.2) is 24.3 Å². The highest BCUT2D eigenvalue weighted by atomic mass is 32.5. The van der Waals surface area contributed by atoms with Gasteiger partial charge in [0.25, 0.3) is 0 Å². The van der Waals surface area contributed by atoms with E-state index in [2.05, 4.69) is 0 Å². The molecule has 1 unspecified atom stereocenters. The van der Waals surface area contributed by atoms with Crippen molar-refractivity contribution in [2.45, 2.75) is 20.3 Å². The Hall–Kier alpha value is -0.410. The summed E-state index contributed by atoms with van der Waals surface area (Å²) in [5.74, 6) is 0.544. The van der Waals surface area contributed by atoms with Crippen molar-refractivity contribution in [3.05, 3.63) is 29.8 Å². The van der Waals surface area contributed by atoms with Crippen LogP contribution in [0, 0.1) is 6.92 Å². The summed E-state index contributed by atoms with van der Waals surface area (Å²) in [5.41, 5.74) is 1.13. The first kappa shape index (κ1) is 12.7. The second kappa shape index (κ2) is 5.61. The summed E-state index contributed by atoms with van der Waals surface area (Å²) in [5, 5.41) is 0. The molecule has 0 amide bonds. The standard InChI is InChI=1S/C10H15O3PS/c1-3-8-12-14(11,15)13-10-6-4-9(2)5-7-10/h4-7H,3,8H2,1-2H3,(H,11,15). The van der Waals surface area contributed by atoms with Crippen LogP contribution in [0.5, 0.6) is 5.75 Å². The topological polar surface area (TPSA) is 38.7 Å². The predicted molar refractivity (Wildman–Crippen MR) is 64.6 cm³/mol. The van der Waals surface area contributed by atoms with Crippen LogP contribution in [0.3, 0.4) is 0 Å². The minimum Gasteiger partial charge on any atom is -0.424 e. The molecule has 1 aromatic rings. The zero-order valence-corrected chi connectivity index (χ0v) is 10.6. The van der Waals surface area contributed by atoms with Crippen molar-refractivity contribution in [2.75, 3.05) is 6.61 Å². The molecule has 1 N–H and O–H groups in total. The normalized spacial score (nSPS) is 14.6. The first-order chi connectivity index (χ1) is 7.03. The van der Waals surface area contributed by atoms with Gasteiger partial charge < -0.3 is 9.42 Å². The summed E-state index contributed by atoms with van der Waals surface area (Å²) in [6.45, 7) is 1.23. The lowest BCUT2D eigenvalue weighted by atomic mass is 10.2. The fourth-order valence-electron chi connectivity index (χ4n) is 0.965. The highest BCUT2D eigenvalue weighted by molar-refractivity contribution is 8.07. The van der Waals surface area contributed by atoms with E-state index >= 15 is 0 Å². The molecule has 3 nitrogen and oxygen atoms in total. The summed E-state index contributed by atoms with van der Waals surface area (Å²) >= 11 is 4.85. The van der Waals surface area contributed by atoms with Gasteiger partial charge in [-0.25, -0.2) is 0 Å². The lowest BCUT2D eigenvalue weighted by Gasteiger charge is -2.16. The maximum Gasteiger partial charge on any atom is 0.377 e. The highest BCUT2D eigenvalue weighted by Gasteiger charge is 2.15. The van der Waals surface area contributed by atoms with Crippen molar-refractivity contribution < 1.29 is 13.9 Å². The van der Waals surface area contributed by atoms with Crippen molar-refractivity contribution >= 4 is 18.5 Å². The van der Waals surface area contributed by atoms with E-state index in [9.17, 15) is 4.89 Å². The smallest absolute Gasteiger partial charge is 0.377 e. The van der Waals surface area contributed by atoms with E-state index in [-0.39, 0.29) is 0 Å². The Morgan fingerprint density at radius 2 is 1.93 bits per heavy atom. The lowest BCUT2D eigenvalue weighted by Crippen LogP contribution is -1.97. The van der Waals surface area contributed by atoms with Gasteiger partial charge in [-0.3, -0.25) is 4.52 Å². The number of rotatable bonds is 5. The van der Waals surface area contributed by atoms with Crippen LogP contribution >= 0.6 is 6.72 Å². The van der Waals surface area contributed by atoms with Gasteiger partial charge in [-0.05, 0) is 25.5 Å². The molecule has 0 aliphatic heterocycles. The zero-order valence-electron chi connectivity index (χ0n) is 8.84. The molecule has 0 bridgehead atoms. The maximum atomic E-state index is 9.65. The number of benzene rings is 1. The highest BCUT2D eigenvalue weighted by Crippen LogP contribution is 2.44. The fraction of sp³-hybridized carbons (Fsp3) is 0.400. The van der Waals surface area contributed by atoms with Crippen LogP contribution in [-0.2, 0) is 16.3 Å². The molecular weight excluding hydrogens is 231 g/mol. The molecule has 0 fully saturated rings. The monoisotopic (exact) mass is 246 g/mol. The van der Waals surface area contributed by atoms with Crippen molar-refractivity contribution in [1.29, 1.82) is 0 Å². The third-order valence-electron chi connectivity index (χ3n) is 1.70. The summed E-state index contributed by atoms with van der Waals surface area (Å²) < 4.78 is 10.3. The maximum absolute atomic E-state index is 9.65. The molecule has 5 heteroatoms. The Morgan fingerprint density at radius 3 is 2.47 bits per heavy atom. The van der Waals surface area contributed by atoms with Crippen LogP contribution in [0.25, 0.3) is 0 Å². The van der Waals surface area contributed by atoms with Crippen LogP contribution in [0.4, 0.5) is 0 Å². The molecular formula is C10H15O3PS. The third-order valence-corrected chi connectivity index (χ3v) is 3.19. The second-order valence-corrected chi connectivity index (χ2v) is 5.97. The number of aryl methyl sites for hydroxylation is 1. The molecule has 0 spiro atoms. The van der Waals surface area contributed by atoms with Gasteiger partial charge in [0.15, 0.2) is 0 Å². The molecule has 0 saturated carbocycles. The Balaban J connectivity index is 2.60. The summed E-state index contributed by atoms with van der Waals surface area (Å²) in [6.07, 6.45) is 0.802. The molecule has 84 valence electrons. The fourth-order valence-corrected chi connectivity index (χ4v) is 2.30. The summed E-state index contributed by atoms with van der Waals surface area (Å²) in [7, 11) is 0. The quantitative estimate of drug-likeness (QED) is 0.810. The number of hydrogen-bond acceptors (Lipinski definition) is 3. The Labute approximate surface area is 95.3 Å². The molecule has 0 heterocycles. The molecule has 1 aromatic carbocycles. The van der Waals surface area contributed by atoms with E-state index < -0.39 is 6.72 Å². The molecule has 0 saturated heterocycles. The molecule has 0 aliphatic rings.